The van der Waals surface area contributed by atoms with Gasteiger partial charge in [0, 0.05) is 12.8 Å². The normalized spacial score (nSPS) is 11.7. The Labute approximate surface area is 197 Å². The van der Waals surface area contributed by atoms with E-state index in [1.54, 1.807) is 7.11 Å². The molecule has 0 bridgehead atoms. The first-order valence-corrected chi connectivity index (χ1v) is 11.8. The summed E-state index contributed by atoms with van der Waals surface area (Å²) in [6.07, 6.45) is 3.11. The van der Waals surface area contributed by atoms with E-state index in [1.807, 2.05) is 48.5 Å². The summed E-state index contributed by atoms with van der Waals surface area (Å²) in [5.74, 6) is 1.02. The van der Waals surface area contributed by atoms with E-state index in [1.165, 1.54) is 0 Å². The van der Waals surface area contributed by atoms with Gasteiger partial charge in [0.25, 0.3) is 0 Å². The van der Waals surface area contributed by atoms with Crippen molar-refractivity contribution in [3.63, 3.8) is 0 Å². The molecule has 0 saturated heterocycles. The van der Waals surface area contributed by atoms with Crippen molar-refractivity contribution in [2.75, 3.05) is 13.7 Å². The zero-order valence-electron chi connectivity index (χ0n) is 18.8. The second kappa shape index (κ2) is 12.1. The average Bonchev–Trinajstić information content (AvgIpc) is 3.14. The molecule has 0 aliphatic heterocycles. The standard InChI is InChI=1S/C25H29NO6S/c1-3-4-5-6-23(27)32-21(18-9-13-19(30-2)14-10-18)16-31-20-11-7-17(8-12-20)15-22-24(28)26-25(29)33-22/h7-14,21,28H,3-6,15-16H2,1-2H3,(H,26,29). The fourth-order valence-corrected chi connectivity index (χ4v) is 4.04. The average molecular weight is 472 g/mol. The van der Waals surface area contributed by atoms with E-state index < -0.39 is 6.10 Å². The Bertz CT molecular complexity index is 1070. The molecule has 1 aromatic heterocycles. The SMILES string of the molecule is CCCCCC(=O)OC(COc1ccc(Cc2sc(=O)[nH]c2O)cc1)c1ccc(OC)cc1. The highest BCUT2D eigenvalue weighted by Gasteiger charge is 2.18. The largest absolute Gasteiger partial charge is 0.497 e. The van der Waals surface area contributed by atoms with Crippen LogP contribution in [0.1, 0.15) is 54.7 Å². The summed E-state index contributed by atoms with van der Waals surface area (Å²) >= 11 is 0.991. The molecular weight excluding hydrogens is 442 g/mol. The number of carbonyl (C=O) groups is 1. The smallest absolute Gasteiger partial charge is 0.307 e. The van der Waals surface area contributed by atoms with Crippen molar-refractivity contribution in [2.45, 2.75) is 45.1 Å². The minimum absolute atomic E-state index is 0.0894. The van der Waals surface area contributed by atoms with Crippen LogP contribution in [-0.4, -0.2) is 29.8 Å². The number of benzene rings is 2. The van der Waals surface area contributed by atoms with Crippen molar-refractivity contribution in [1.29, 1.82) is 0 Å². The number of aromatic hydroxyl groups is 1. The highest BCUT2D eigenvalue weighted by atomic mass is 32.1. The van der Waals surface area contributed by atoms with E-state index in [4.69, 9.17) is 14.2 Å². The predicted molar refractivity (Wildman–Crippen MR) is 127 cm³/mol. The fourth-order valence-electron chi connectivity index (χ4n) is 3.29. The van der Waals surface area contributed by atoms with Gasteiger partial charge in [-0.2, -0.15) is 0 Å². The van der Waals surface area contributed by atoms with Crippen molar-refractivity contribution < 1.29 is 24.1 Å². The number of methoxy groups -OCH3 is 1. The molecule has 0 fully saturated rings. The van der Waals surface area contributed by atoms with E-state index in [0.717, 1.165) is 47.5 Å². The molecule has 2 N–H and O–H groups in total. The number of aromatic nitrogens is 1. The van der Waals surface area contributed by atoms with Gasteiger partial charge in [0.1, 0.15) is 18.1 Å². The lowest BCUT2D eigenvalue weighted by Gasteiger charge is -2.19. The van der Waals surface area contributed by atoms with Crippen LogP contribution >= 0.6 is 11.3 Å². The third kappa shape index (κ3) is 7.39. The molecule has 0 aliphatic carbocycles. The lowest BCUT2D eigenvalue weighted by atomic mass is 10.1. The van der Waals surface area contributed by atoms with Crippen molar-refractivity contribution in [3.05, 3.63) is 74.2 Å². The predicted octanol–water partition coefficient (Wildman–Crippen LogP) is 4.99. The molecule has 0 spiro atoms. The molecular formula is C25H29NO6S. The molecule has 33 heavy (non-hydrogen) atoms. The summed E-state index contributed by atoms with van der Waals surface area (Å²) in [5, 5.41) is 9.75. The van der Waals surface area contributed by atoms with Gasteiger partial charge in [0.05, 0.1) is 12.0 Å². The highest BCUT2D eigenvalue weighted by Crippen LogP contribution is 2.25. The van der Waals surface area contributed by atoms with Gasteiger partial charge in [-0.3, -0.25) is 14.6 Å². The molecule has 0 radical (unpaired) electrons. The minimum atomic E-state index is -0.543. The maximum atomic E-state index is 12.3. The van der Waals surface area contributed by atoms with Crippen LogP contribution in [-0.2, 0) is 16.0 Å². The number of carbonyl (C=O) groups excluding carboxylic acids is 1. The number of hydrogen-bond donors (Lipinski definition) is 2. The summed E-state index contributed by atoms with van der Waals surface area (Å²) in [6, 6.07) is 14.8. The molecule has 0 aliphatic rings. The van der Waals surface area contributed by atoms with E-state index in [9.17, 15) is 14.7 Å². The number of H-pyrrole nitrogens is 1. The molecule has 1 heterocycles. The van der Waals surface area contributed by atoms with Gasteiger partial charge in [-0.1, -0.05) is 55.4 Å². The maximum absolute atomic E-state index is 12.3. The van der Waals surface area contributed by atoms with E-state index in [-0.39, 0.29) is 23.3 Å². The van der Waals surface area contributed by atoms with Gasteiger partial charge < -0.3 is 19.3 Å². The molecule has 0 saturated carbocycles. The Balaban J connectivity index is 1.64. The van der Waals surface area contributed by atoms with Crippen LogP contribution in [0.2, 0.25) is 0 Å². The van der Waals surface area contributed by atoms with Gasteiger partial charge in [0.15, 0.2) is 6.10 Å². The second-order valence-corrected chi connectivity index (χ2v) is 8.69. The van der Waals surface area contributed by atoms with Crippen molar-refractivity contribution in [2.24, 2.45) is 0 Å². The number of rotatable bonds is 12. The van der Waals surface area contributed by atoms with Crippen molar-refractivity contribution in [1.82, 2.24) is 4.98 Å². The van der Waals surface area contributed by atoms with Crippen LogP contribution in [0.15, 0.2) is 53.3 Å². The monoisotopic (exact) mass is 471 g/mol. The van der Waals surface area contributed by atoms with Crippen LogP contribution in [0.3, 0.4) is 0 Å². The molecule has 3 rings (SSSR count). The summed E-state index contributed by atoms with van der Waals surface area (Å²) in [6.45, 7) is 2.26. The lowest BCUT2D eigenvalue weighted by Crippen LogP contribution is -2.18. The van der Waals surface area contributed by atoms with Gasteiger partial charge in [-0.15, -0.1) is 0 Å². The van der Waals surface area contributed by atoms with Gasteiger partial charge in [0.2, 0.25) is 5.88 Å². The van der Waals surface area contributed by atoms with Gasteiger partial charge >= 0.3 is 10.8 Å². The Morgan fingerprint density at radius 1 is 1.06 bits per heavy atom. The third-order valence-corrected chi connectivity index (χ3v) is 6.01. The molecule has 1 atom stereocenters. The molecule has 2 aromatic carbocycles. The molecule has 176 valence electrons. The number of hydrogen-bond acceptors (Lipinski definition) is 7. The van der Waals surface area contributed by atoms with E-state index in [2.05, 4.69) is 11.9 Å². The number of esters is 1. The topological polar surface area (TPSA) is 97.9 Å². The summed E-state index contributed by atoms with van der Waals surface area (Å²) in [5.41, 5.74) is 1.76. The highest BCUT2D eigenvalue weighted by molar-refractivity contribution is 7.09. The van der Waals surface area contributed by atoms with Crippen LogP contribution in [0.4, 0.5) is 0 Å². The fraction of sp³-hybridized carbons (Fsp3) is 0.360. The third-order valence-electron chi connectivity index (χ3n) is 5.14. The van der Waals surface area contributed by atoms with Gasteiger partial charge in [-0.25, -0.2) is 0 Å². The Morgan fingerprint density at radius 2 is 1.76 bits per heavy atom. The zero-order chi connectivity index (χ0) is 23.6. The molecule has 1 unspecified atom stereocenters. The van der Waals surface area contributed by atoms with Crippen LogP contribution in [0.25, 0.3) is 0 Å². The quantitative estimate of drug-likeness (QED) is 0.285. The zero-order valence-corrected chi connectivity index (χ0v) is 19.7. The van der Waals surface area contributed by atoms with Crippen molar-refractivity contribution in [3.8, 4) is 17.4 Å². The second-order valence-electron chi connectivity index (χ2n) is 7.63. The molecule has 0 amide bonds. The van der Waals surface area contributed by atoms with E-state index in [0.29, 0.717) is 23.5 Å². The first kappa shape index (κ1) is 24.4. The number of thiazole rings is 1. The first-order valence-electron chi connectivity index (χ1n) is 10.9. The number of nitrogens with one attached hydrogen (secondary N) is 1. The van der Waals surface area contributed by atoms with Crippen molar-refractivity contribution >= 4 is 17.3 Å². The van der Waals surface area contributed by atoms with Crippen LogP contribution < -0.4 is 14.3 Å². The molecule has 7 nitrogen and oxygen atoms in total. The maximum Gasteiger partial charge on any atom is 0.307 e. The summed E-state index contributed by atoms with van der Waals surface area (Å²) < 4.78 is 16.9. The van der Waals surface area contributed by atoms with E-state index >= 15 is 0 Å². The minimum Gasteiger partial charge on any atom is -0.497 e. The number of unbranched alkanes of at least 4 members (excludes halogenated alkanes) is 2. The Morgan fingerprint density at radius 3 is 2.36 bits per heavy atom. The van der Waals surface area contributed by atoms with Gasteiger partial charge in [-0.05, 0) is 41.8 Å². The number of aromatic amines is 1. The molecule has 8 heteroatoms. The van der Waals surface area contributed by atoms with Crippen LogP contribution in [0.5, 0.6) is 17.4 Å². The lowest BCUT2D eigenvalue weighted by molar-refractivity contribution is -0.151. The summed E-state index contributed by atoms with van der Waals surface area (Å²) in [4.78, 5) is 26.4. The Hall–Kier alpha value is -3.26. The number of ether oxygens (including phenoxy) is 3. The first-order chi connectivity index (χ1) is 16.0. The summed E-state index contributed by atoms with van der Waals surface area (Å²) in [7, 11) is 1.60. The Kier molecular flexibility index (Phi) is 8.95. The van der Waals surface area contributed by atoms with Crippen LogP contribution in [0, 0.1) is 0 Å². The molecule has 3 aromatic rings.